The van der Waals surface area contributed by atoms with Crippen LogP contribution in [0.25, 0.3) is 0 Å². The molecule has 0 bridgehead atoms. The Kier molecular flexibility index (Phi) is 2.87. The van der Waals surface area contributed by atoms with E-state index < -0.39 is 6.10 Å². The number of ether oxygens (including phenoxy) is 1. The van der Waals surface area contributed by atoms with Gasteiger partial charge in [-0.2, -0.15) is 0 Å². The van der Waals surface area contributed by atoms with Crippen molar-refractivity contribution in [2.24, 2.45) is 5.73 Å². The number of benzene rings is 1. The van der Waals surface area contributed by atoms with Crippen LogP contribution in [0.2, 0.25) is 0 Å². The number of amidine groups is 1. The highest BCUT2D eigenvalue weighted by atomic mass is 16.5. The number of aliphatic hydroxyl groups is 1. The first-order valence-electron chi connectivity index (χ1n) is 3.81. The molecule has 0 saturated carbocycles. The summed E-state index contributed by atoms with van der Waals surface area (Å²) in [5, 5.41) is 16.4. The molecule has 0 aliphatic heterocycles. The SMILES string of the molecule is COc1ccc([C@@H](O)C(=N)N)cc1. The van der Waals surface area contributed by atoms with Gasteiger partial charge in [-0.25, -0.2) is 0 Å². The summed E-state index contributed by atoms with van der Waals surface area (Å²) < 4.78 is 4.94. The van der Waals surface area contributed by atoms with E-state index in [1.54, 1.807) is 31.4 Å². The fourth-order valence-electron chi connectivity index (χ4n) is 0.966. The molecule has 0 spiro atoms. The molecule has 0 fully saturated rings. The number of aliphatic hydroxyl groups excluding tert-OH is 1. The van der Waals surface area contributed by atoms with E-state index in [2.05, 4.69) is 0 Å². The summed E-state index contributed by atoms with van der Waals surface area (Å²) in [5.41, 5.74) is 5.73. The van der Waals surface area contributed by atoms with Gasteiger partial charge in [0.25, 0.3) is 0 Å². The van der Waals surface area contributed by atoms with Gasteiger partial charge in [0.2, 0.25) is 0 Å². The Morgan fingerprint density at radius 2 is 2.00 bits per heavy atom. The normalized spacial score (nSPS) is 12.2. The predicted molar refractivity (Wildman–Crippen MR) is 49.9 cm³/mol. The van der Waals surface area contributed by atoms with E-state index in [1.165, 1.54) is 0 Å². The second-order valence-corrected chi connectivity index (χ2v) is 2.63. The lowest BCUT2D eigenvalue weighted by Gasteiger charge is -2.08. The quantitative estimate of drug-likeness (QED) is 0.472. The Bertz CT molecular complexity index is 295. The highest BCUT2D eigenvalue weighted by Gasteiger charge is 2.09. The molecule has 0 aliphatic carbocycles. The highest BCUT2D eigenvalue weighted by Crippen LogP contribution is 2.16. The number of nitrogens with two attached hydrogens (primary N) is 1. The Hall–Kier alpha value is -1.55. The first kappa shape index (κ1) is 9.54. The monoisotopic (exact) mass is 180 g/mol. The van der Waals surface area contributed by atoms with Crippen molar-refractivity contribution in [2.45, 2.75) is 6.10 Å². The van der Waals surface area contributed by atoms with E-state index in [-0.39, 0.29) is 5.84 Å². The Morgan fingerprint density at radius 3 is 2.38 bits per heavy atom. The topological polar surface area (TPSA) is 79.3 Å². The van der Waals surface area contributed by atoms with Crippen LogP contribution >= 0.6 is 0 Å². The summed E-state index contributed by atoms with van der Waals surface area (Å²) >= 11 is 0. The molecule has 4 heteroatoms. The van der Waals surface area contributed by atoms with Crippen LogP contribution in [0, 0.1) is 5.41 Å². The van der Waals surface area contributed by atoms with E-state index in [9.17, 15) is 5.11 Å². The molecule has 0 saturated heterocycles. The van der Waals surface area contributed by atoms with Crippen molar-refractivity contribution in [3.05, 3.63) is 29.8 Å². The van der Waals surface area contributed by atoms with E-state index in [4.69, 9.17) is 15.9 Å². The molecule has 0 unspecified atom stereocenters. The van der Waals surface area contributed by atoms with Crippen LogP contribution < -0.4 is 10.5 Å². The molecule has 0 aliphatic rings. The number of rotatable bonds is 3. The maximum Gasteiger partial charge on any atom is 0.135 e. The number of methoxy groups -OCH3 is 1. The second-order valence-electron chi connectivity index (χ2n) is 2.63. The van der Waals surface area contributed by atoms with Crippen LogP contribution in [0.5, 0.6) is 5.75 Å². The Morgan fingerprint density at radius 1 is 1.46 bits per heavy atom. The Balaban J connectivity index is 2.85. The molecule has 1 aromatic rings. The average molecular weight is 180 g/mol. The third-order valence-electron chi connectivity index (χ3n) is 1.73. The molecular weight excluding hydrogens is 168 g/mol. The van der Waals surface area contributed by atoms with Crippen LogP contribution in [0.1, 0.15) is 11.7 Å². The predicted octanol–water partition coefficient (Wildman–Crippen LogP) is 0.665. The second kappa shape index (κ2) is 3.91. The minimum Gasteiger partial charge on any atom is -0.497 e. The molecule has 0 heterocycles. The van der Waals surface area contributed by atoms with Gasteiger partial charge in [-0.15, -0.1) is 0 Å². The zero-order chi connectivity index (χ0) is 9.84. The largest absolute Gasteiger partial charge is 0.497 e. The number of hydrogen-bond donors (Lipinski definition) is 3. The van der Waals surface area contributed by atoms with Crippen molar-refractivity contribution in [3.63, 3.8) is 0 Å². The van der Waals surface area contributed by atoms with Gasteiger partial charge in [-0.05, 0) is 17.7 Å². The molecule has 0 aromatic heterocycles. The molecule has 4 nitrogen and oxygen atoms in total. The Labute approximate surface area is 76.5 Å². The maximum absolute atomic E-state index is 9.37. The minimum atomic E-state index is -1.02. The van der Waals surface area contributed by atoms with Gasteiger partial charge in [0, 0.05) is 0 Å². The maximum atomic E-state index is 9.37. The van der Waals surface area contributed by atoms with Gasteiger partial charge >= 0.3 is 0 Å². The van der Waals surface area contributed by atoms with Crippen molar-refractivity contribution in [2.75, 3.05) is 7.11 Å². The van der Waals surface area contributed by atoms with Crippen molar-refractivity contribution in [1.29, 1.82) is 5.41 Å². The van der Waals surface area contributed by atoms with Crippen molar-refractivity contribution < 1.29 is 9.84 Å². The molecule has 1 rings (SSSR count). The summed E-state index contributed by atoms with van der Waals surface area (Å²) in [6.45, 7) is 0. The van der Waals surface area contributed by atoms with Crippen LogP contribution in [0.15, 0.2) is 24.3 Å². The molecular formula is C9H12N2O2. The molecule has 13 heavy (non-hydrogen) atoms. The third kappa shape index (κ3) is 2.19. The van der Waals surface area contributed by atoms with E-state index >= 15 is 0 Å². The molecule has 70 valence electrons. The summed E-state index contributed by atoms with van der Waals surface area (Å²) in [7, 11) is 1.57. The average Bonchev–Trinajstić information content (AvgIpc) is 2.17. The summed E-state index contributed by atoms with van der Waals surface area (Å²) in [6.07, 6.45) is -1.02. The zero-order valence-electron chi connectivity index (χ0n) is 7.32. The standard InChI is InChI=1S/C9H12N2O2/c1-13-7-4-2-6(3-5-7)8(12)9(10)11/h2-5,8,12H,1H3,(H3,10,11)/t8-/m1/s1. The smallest absolute Gasteiger partial charge is 0.135 e. The lowest BCUT2D eigenvalue weighted by Crippen LogP contribution is -2.19. The van der Waals surface area contributed by atoms with Gasteiger partial charge in [0.05, 0.1) is 7.11 Å². The third-order valence-corrected chi connectivity index (χ3v) is 1.73. The number of hydrogen-bond acceptors (Lipinski definition) is 3. The van der Waals surface area contributed by atoms with Crippen LogP contribution in [0.3, 0.4) is 0 Å². The fourth-order valence-corrected chi connectivity index (χ4v) is 0.966. The van der Waals surface area contributed by atoms with Crippen molar-refractivity contribution in [3.8, 4) is 5.75 Å². The molecule has 1 atom stereocenters. The lowest BCUT2D eigenvalue weighted by atomic mass is 10.1. The fraction of sp³-hybridized carbons (Fsp3) is 0.222. The first-order valence-corrected chi connectivity index (χ1v) is 3.81. The molecule has 4 N–H and O–H groups in total. The lowest BCUT2D eigenvalue weighted by molar-refractivity contribution is 0.245. The van der Waals surface area contributed by atoms with Crippen LogP contribution in [-0.4, -0.2) is 18.1 Å². The van der Waals surface area contributed by atoms with Gasteiger partial charge in [-0.3, -0.25) is 5.41 Å². The van der Waals surface area contributed by atoms with Gasteiger partial charge < -0.3 is 15.6 Å². The number of nitrogens with one attached hydrogen (secondary N) is 1. The van der Waals surface area contributed by atoms with Gasteiger partial charge in [-0.1, -0.05) is 12.1 Å². The zero-order valence-corrected chi connectivity index (χ0v) is 7.32. The van der Waals surface area contributed by atoms with E-state index in [1.807, 2.05) is 0 Å². The molecule has 0 amide bonds. The van der Waals surface area contributed by atoms with Crippen LogP contribution in [0.4, 0.5) is 0 Å². The highest BCUT2D eigenvalue weighted by molar-refractivity contribution is 5.82. The van der Waals surface area contributed by atoms with Crippen molar-refractivity contribution >= 4 is 5.84 Å². The minimum absolute atomic E-state index is 0.259. The van der Waals surface area contributed by atoms with E-state index in [0.29, 0.717) is 11.3 Å². The van der Waals surface area contributed by atoms with Crippen LogP contribution in [-0.2, 0) is 0 Å². The van der Waals surface area contributed by atoms with Gasteiger partial charge in [0.15, 0.2) is 0 Å². The summed E-state index contributed by atoms with van der Waals surface area (Å²) in [4.78, 5) is 0. The molecule has 0 radical (unpaired) electrons. The van der Waals surface area contributed by atoms with Gasteiger partial charge in [0.1, 0.15) is 17.7 Å². The van der Waals surface area contributed by atoms with E-state index in [0.717, 1.165) is 0 Å². The summed E-state index contributed by atoms with van der Waals surface area (Å²) in [5.74, 6) is 0.449. The first-order chi connectivity index (χ1) is 6.15. The summed E-state index contributed by atoms with van der Waals surface area (Å²) in [6, 6.07) is 6.76. The van der Waals surface area contributed by atoms with Crippen molar-refractivity contribution in [1.82, 2.24) is 0 Å². The molecule has 1 aromatic carbocycles.